The minimum Gasteiger partial charge on any atom is -0.491 e. The lowest BCUT2D eigenvalue weighted by Crippen LogP contribution is -2.41. The highest BCUT2D eigenvalue weighted by atomic mass is 32.3. The number of ether oxygens (including phenoxy) is 2. The van der Waals surface area contributed by atoms with E-state index in [1.165, 1.54) is 23.6 Å². The molecule has 212 valence electrons. The average molecular weight is 596 g/mol. The van der Waals surface area contributed by atoms with Crippen molar-refractivity contribution in [1.29, 1.82) is 0 Å². The van der Waals surface area contributed by atoms with Crippen LogP contribution in [0.2, 0.25) is 0 Å². The summed E-state index contributed by atoms with van der Waals surface area (Å²) in [5.41, 5.74) is 1.90. The number of H-pyrrole nitrogens is 1. The molecule has 2 aliphatic rings. The summed E-state index contributed by atoms with van der Waals surface area (Å²) in [6.07, 6.45) is 1.45. The van der Waals surface area contributed by atoms with Gasteiger partial charge in [-0.1, -0.05) is 17.8 Å². The summed E-state index contributed by atoms with van der Waals surface area (Å²) in [4.78, 5) is 14.5. The largest absolute Gasteiger partial charge is 0.491 e. The molecular formula is C25H33N5O6S3. The van der Waals surface area contributed by atoms with Crippen LogP contribution in [0, 0.1) is 0 Å². The average Bonchev–Trinajstić information content (AvgIpc) is 3.57. The van der Waals surface area contributed by atoms with Crippen LogP contribution in [0.25, 0.3) is 10.9 Å². The molecule has 0 aliphatic carbocycles. The maximum Gasteiger partial charge on any atom is 0.281 e. The third kappa shape index (κ3) is 6.37. The first-order chi connectivity index (χ1) is 18.7. The number of benzene rings is 1. The summed E-state index contributed by atoms with van der Waals surface area (Å²) in [6, 6.07) is 10.3. The molecule has 0 spiro atoms. The smallest absolute Gasteiger partial charge is 0.281 e. The van der Waals surface area contributed by atoms with Crippen LogP contribution in [-0.4, -0.2) is 108 Å². The second-order valence-electron chi connectivity index (χ2n) is 9.47. The molecule has 2 aromatic heterocycles. The van der Waals surface area contributed by atoms with Crippen LogP contribution < -0.4 is 9.04 Å². The van der Waals surface area contributed by atoms with Crippen molar-refractivity contribution in [1.82, 2.24) is 14.9 Å². The summed E-state index contributed by atoms with van der Waals surface area (Å²) in [7, 11) is -3.24. The van der Waals surface area contributed by atoms with Gasteiger partial charge in [0.1, 0.15) is 17.4 Å². The number of nitrogens with zero attached hydrogens (tertiary/aromatic N) is 4. The minimum absolute atomic E-state index is 0.0457. The maximum atomic E-state index is 13.4. The number of thioether (sulfide) groups is 1. The van der Waals surface area contributed by atoms with Gasteiger partial charge in [-0.2, -0.15) is 19.0 Å². The van der Waals surface area contributed by atoms with E-state index in [0.717, 1.165) is 22.7 Å². The molecule has 4 heterocycles. The molecule has 0 bridgehead atoms. The summed E-state index contributed by atoms with van der Waals surface area (Å²) < 4.78 is 58.8. The van der Waals surface area contributed by atoms with Gasteiger partial charge in [0.25, 0.3) is 10.0 Å². The van der Waals surface area contributed by atoms with Crippen LogP contribution in [0.4, 0.5) is 5.69 Å². The van der Waals surface area contributed by atoms with Gasteiger partial charge in [0.2, 0.25) is 0 Å². The zero-order chi connectivity index (χ0) is 27.6. The Kier molecular flexibility index (Phi) is 8.42. The number of sulfonamides is 1. The Morgan fingerprint density at radius 3 is 2.72 bits per heavy atom. The molecule has 1 unspecified atom stereocenters. The monoisotopic (exact) mass is 595 g/mol. The number of aliphatic imine (C=N–C) groups is 1. The Bertz CT molecular complexity index is 1440. The molecular weight excluding hydrogens is 563 g/mol. The SMILES string of the molecule is COCCOc1cc(N(C)S(=O)(=O)c2ccccn2)c2[nH]c(C3=NCC(CN4CCS(O)(O)CC4)S3)cc2c1. The number of nitrogens with one attached hydrogen (secondary N) is 1. The molecule has 2 aliphatic heterocycles. The van der Waals surface area contributed by atoms with Gasteiger partial charge >= 0.3 is 0 Å². The number of anilines is 1. The third-order valence-electron chi connectivity index (χ3n) is 6.72. The second kappa shape index (κ2) is 11.6. The minimum atomic E-state index is -3.92. The van der Waals surface area contributed by atoms with E-state index in [9.17, 15) is 17.5 Å². The van der Waals surface area contributed by atoms with Gasteiger partial charge in [-0.3, -0.25) is 23.3 Å². The van der Waals surface area contributed by atoms with Gasteiger partial charge in [0.05, 0.1) is 41.6 Å². The third-order valence-corrected chi connectivity index (χ3v) is 11.3. The van der Waals surface area contributed by atoms with Crippen molar-refractivity contribution in [3.05, 3.63) is 48.3 Å². The lowest BCUT2D eigenvalue weighted by atomic mass is 10.2. The first-order valence-electron chi connectivity index (χ1n) is 12.5. The summed E-state index contributed by atoms with van der Waals surface area (Å²) in [6.45, 7) is 3.56. The fraction of sp³-hybridized carbons (Fsp3) is 0.440. The number of pyridine rings is 1. The van der Waals surface area contributed by atoms with Crippen LogP contribution in [0.15, 0.2) is 52.6 Å². The summed E-state index contributed by atoms with van der Waals surface area (Å²) in [5.74, 6) is 1.37. The van der Waals surface area contributed by atoms with Crippen LogP contribution in [0.3, 0.4) is 0 Å². The predicted molar refractivity (Wildman–Crippen MR) is 157 cm³/mol. The molecule has 0 radical (unpaired) electrons. The predicted octanol–water partition coefficient (Wildman–Crippen LogP) is 3.34. The standard InChI is InChI=1S/C25H33N5O6S3/c1-29(39(33,34)23-5-3-4-6-26-23)22-15-19(36-10-9-35-2)13-18-14-21(28-24(18)22)25-27-16-20(37-25)17-30-7-11-38(31,32)12-8-30/h3-6,13-15,20,28,31-32H,7-12,16-17H2,1-2H3. The van der Waals surface area contributed by atoms with E-state index in [4.69, 9.17) is 14.5 Å². The summed E-state index contributed by atoms with van der Waals surface area (Å²) >= 11 is 1.68. The number of methoxy groups -OCH3 is 1. The Morgan fingerprint density at radius 2 is 2.00 bits per heavy atom. The first kappa shape index (κ1) is 28.2. The number of rotatable bonds is 10. The van der Waals surface area contributed by atoms with E-state index >= 15 is 0 Å². The fourth-order valence-electron chi connectivity index (χ4n) is 4.55. The quantitative estimate of drug-likeness (QED) is 0.301. The molecule has 1 fully saturated rings. The van der Waals surface area contributed by atoms with E-state index in [0.29, 0.717) is 61.3 Å². The molecule has 3 N–H and O–H groups in total. The normalized spacial score (nSPS) is 20.6. The number of hydrogen-bond donors (Lipinski definition) is 3. The Labute approximate surface area is 234 Å². The van der Waals surface area contributed by atoms with Crippen LogP contribution in [0.1, 0.15) is 5.69 Å². The van der Waals surface area contributed by atoms with Crippen LogP contribution in [-0.2, 0) is 14.8 Å². The van der Waals surface area contributed by atoms with Gasteiger partial charge in [0.15, 0.2) is 5.03 Å². The van der Waals surface area contributed by atoms with Crippen molar-refractivity contribution >= 4 is 54.0 Å². The van der Waals surface area contributed by atoms with Gasteiger partial charge in [-0.05, 0) is 24.3 Å². The van der Waals surface area contributed by atoms with Crippen molar-refractivity contribution in [3.8, 4) is 5.75 Å². The zero-order valence-corrected chi connectivity index (χ0v) is 24.3. The molecule has 5 rings (SSSR count). The molecule has 1 aromatic carbocycles. The van der Waals surface area contributed by atoms with Gasteiger partial charge in [-0.15, -0.1) is 0 Å². The second-order valence-corrected chi connectivity index (χ2v) is 15.1. The van der Waals surface area contributed by atoms with Crippen molar-refractivity contribution in [3.63, 3.8) is 0 Å². The van der Waals surface area contributed by atoms with E-state index in [1.807, 2.05) is 12.1 Å². The van der Waals surface area contributed by atoms with Crippen molar-refractivity contribution in [2.75, 3.05) is 69.4 Å². The van der Waals surface area contributed by atoms with Gasteiger partial charge < -0.3 is 14.5 Å². The molecule has 1 atom stereocenters. The van der Waals surface area contributed by atoms with Crippen molar-refractivity contribution in [2.45, 2.75) is 10.3 Å². The van der Waals surface area contributed by atoms with Gasteiger partial charge in [0, 0.05) is 56.7 Å². The molecule has 14 heteroatoms. The molecule has 1 saturated heterocycles. The zero-order valence-electron chi connectivity index (χ0n) is 21.8. The highest BCUT2D eigenvalue weighted by molar-refractivity contribution is 8.24. The van der Waals surface area contributed by atoms with Crippen molar-refractivity contribution < 1.29 is 27.0 Å². The van der Waals surface area contributed by atoms with Crippen LogP contribution in [0.5, 0.6) is 5.75 Å². The summed E-state index contributed by atoms with van der Waals surface area (Å²) in [5, 5.41) is 1.87. The number of aromatic amines is 1. The highest BCUT2D eigenvalue weighted by Gasteiger charge is 2.29. The molecule has 0 amide bonds. The maximum absolute atomic E-state index is 13.4. The number of fused-ring (bicyclic) bond motifs is 1. The molecule has 11 nitrogen and oxygen atoms in total. The first-order valence-corrected chi connectivity index (χ1v) is 16.7. The van der Waals surface area contributed by atoms with E-state index in [-0.39, 0.29) is 10.3 Å². The van der Waals surface area contributed by atoms with E-state index < -0.39 is 20.6 Å². The van der Waals surface area contributed by atoms with Gasteiger partial charge in [-0.25, -0.2) is 4.98 Å². The fourth-order valence-corrected chi connectivity index (χ4v) is 8.12. The highest BCUT2D eigenvalue weighted by Crippen LogP contribution is 2.41. The topological polar surface area (TPSA) is 141 Å². The lowest BCUT2D eigenvalue weighted by molar-refractivity contribution is 0.146. The van der Waals surface area contributed by atoms with Crippen molar-refractivity contribution in [2.24, 2.45) is 4.99 Å². The number of hydrogen-bond acceptors (Lipinski definition) is 10. The molecule has 0 saturated carbocycles. The Hall–Kier alpha value is -2.33. The number of aromatic nitrogens is 2. The van der Waals surface area contributed by atoms with E-state index in [2.05, 4.69) is 14.9 Å². The lowest BCUT2D eigenvalue weighted by Gasteiger charge is -2.41. The molecule has 3 aromatic rings. The Morgan fingerprint density at radius 1 is 1.21 bits per heavy atom. The molecule has 39 heavy (non-hydrogen) atoms. The Balaban J connectivity index is 1.40. The van der Waals surface area contributed by atoms with Crippen LogP contribution >= 0.6 is 22.4 Å². The van der Waals surface area contributed by atoms with E-state index in [1.54, 1.807) is 37.1 Å².